The zero-order chi connectivity index (χ0) is 7.11. The number of hydrogen-bond donors (Lipinski definition) is 1. The highest BCUT2D eigenvalue weighted by molar-refractivity contribution is 5.73. The molecule has 0 bridgehead atoms. The molecule has 0 atom stereocenters. The molecule has 9 heavy (non-hydrogen) atoms. The van der Waals surface area contributed by atoms with E-state index in [0.717, 1.165) is 0 Å². The van der Waals surface area contributed by atoms with Gasteiger partial charge >= 0.3 is 0 Å². The van der Waals surface area contributed by atoms with E-state index in [0.29, 0.717) is 19.3 Å². The fourth-order valence-electron chi connectivity index (χ4n) is 0.443. The first kappa shape index (κ1) is 7.96. The van der Waals surface area contributed by atoms with E-state index in [9.17, 15) is 4.79 Å². The maximum atomic E-state index is 10.1. The lowest BCUT2D eigenvalue weighted by Crippen LogP contribution is -2.09. The lowest BCUT2D eigenvalue weighted by molar-refractivity contribution is -0.118. The summed E-state index contributed by atoms with van der Waals surface area (Å²) in [5, 5.41) is 8.01. The van der Waals surface area contributed by atoms with E-state index < -0.39 is 0 Å². The number of hydrogen-bond acceptors (Lipinski definition) is 2. The van der Waals surface area contributed by atoms with Gasteiger partial charge in [-0.25, -0.2) is 0 Å². The number of carbonyl (C=O) groups is 1. The van der Waals surface area contributed by atoms with Crippen molar-refractivity contribution in [1.29, 1.82) is 5.26 Å². The van der Waals surface area contributed by atoms with E-state index in [4.69, 9.17) is 11.0 Å². The first-order chi connectivity index (χ1) is 4.27. The lowest BCUT2D eigenvalue weighted by Gasteiger charge is -1.89. The molecule has 1 radical (unpaired) electrons. The number of nitriles is 1. The van der Waals surface area contributed by atoms with Crippen LogP contribution in [0.15, 0.2) is 0 Å². The first-order valence-corrected chi connectivity index (χ1v) is 2.77. The van der Waals surface area contributed by atoms with Crippen molar-refractivity contribution in [3.63, 3.8) is 0 Å². The number of unbranched alkanes of at least 4 members (excludes halogenated alkanes) is 2. The van der Waals surface area contributed by atoms with Gasteiger partial charge in [-0.15, -0.1) is 0 Å². The summed E-state index contributed by atoms with van der Waals surface area (Å²) in [5.41, 5.74) is 4.84. The van der Waals surface area contributed by atoms with Crippen LogP contribution in [0.3, 0.4) is 0 Å². The van der Waals surface area contributed by atoms with E-state index in [1.165, 1.54) is 6.42 Å². The van der Waals surface area contributed by atoms with Crippen molar-refractivity contribution >= 4 is 5.91 Å². The van der Waals surface area contributed by atoms with Crippen molar-refractivity contribution in [2.24, 2.45) is 5.73 Å². The Kier molecular flexibility index (Phi) is 4.51. The van der Waals surface area contributed by atoms with E-state index in [1.807, 2.05) is 6.07 Å². The molecule has 0 aromatic heterocycles. The molecule has 0 spiro atoms. The molecule has 0 aromatic rings. The minimum atomic E-state index is -0.304. The summed E-state index contributed by atoms with van der Waals surface area (Å²) in [4.78, 5) is 10.1. The van der Waals surface area contributed by atoms with Crippen LogP contribution in [0.2, 0.25) is 0 Å². The molecule has 0 aliphatic carbocycles. The highest BCUT2D eigenvalue weighted by Crippen LogP contribution is 1.95. The predicted octanol–water partition coefficient (Wildman–Crippen LogP) is 0.370. The van der Waals surface area contributed by atoms with E-state index in [1.54, 1.807) is 0 Å². The minimum absolute atomic E-state index is 0.304. The molecule has 0 aromatic carbocycles. The molecule has 2 N–H and O–H groups in total. The van der Waals surface area contributed by atoms with Crippen LogP contribution in [0.25, 0.3) is 0 Å². The third kappa shape index (κ3) is 6.96. The number of amides is 1. The van der Waals surface area contributed by atoms with Gasteiger partial charge in [0.1, 0.15) is 0 Å². The monoisotopic (exact) mass is 125 g/mol. The normalized spacial score (nSPS) is 8.33. The van der Waals surface area contributed by atoms with Crippen molar-refractivity contribution in [1.82, 2.24) is 0 Å². The summed E-state index contributed by atoms with van der Waals surface area (Å²) < 4.78 is 0. The maximum absolute atomic E-state index is 10.1. The van der Waals surface area contributed by atoms with Gasteiger partial charge in [0.05, 0.1) is 12.5 Å². The summed E-state index contributed by atoms with van der Waals surface area (Å²) >= 11 is 0. The minimum Gasteiger partial charge on any atom is -0.370 e. The Hall–Kier alpha value is -1.04. The molecule has 0 unspecified atom stereocenters. The van der Waals surface area contributed by atoms with E-state index in [-0.39, 0.29) is 5.91 Å². The average molecular weight is 125 g/mol. The van der Waals surface area contributed by atoms with Crippen molar-refractivity contribution in [3.05, 3.63) is 6.42 Å². The Bertz CT molecular complexity index is 126. The molecule has 49 valence electrons. The topological polar surface area (TPSA) is 66.9 Å². The Labute approximate surface area is 54.5 Å². The highest BCUT2D eigenvalue weighted by atomic mass is 16.1. The molecule has 0 aliphatic rings. The van der Waals surface area contributed by atoms with Gasteiger partial charge in [-0.05, 0) is 12.8 Å². The number of primary amides is 1. The molecular formula is C6H9N2O. The van der Waals surface area contributed by atoms with Crippen LogP contribution in [-0.2, 0) is 4.79 Å². The van der Waals surface area contributed by atoms with E-state index in [2.05, 4.69) is 0 Å². The van der Waals surface area contributed by atoms with Gasteiger partial charge in [-0.3, -0.25) is 4.79 Å². The summed E-state index contributed by atoms with van der Waals surface area (Å²) in [5.74, 6) is -0.304. The zero-order valence-electron chi connectivity index (χ0n) is 5.13. The summed E-state index contributed by atoms with van der Waals surface area (Å²) in [6.07, 6.45) is 3.17. The van der Waals surface area contributed by atoms with Crippen LogP contribution in [0.1, 0.15) is 19.3 Å². The quantitative estimate of drug-likeness (QED) is 0.551. The van der Waals surface area contributed by atoms with Crippen LogP contribution in [0.4, 0.5) is 0 Å². The average Bonchev–Trinajstić information content (AvgIpc) is 1.80. The van der Waals surface area contributed by atoms with Gasteiger partial charge in [0, 0.05) is 6.42 Å². The Morgan fingerprint density at radius 3 is 2.89 bits per heavy atom. The van der Waals surface area contributed by atoms with Crippen molar-refractivity contribution in [3.8, 4) is 6.07 Å². The van der Waals surface area contributed by atoms with Gasteiger partial charge < -0.3 is 5.73 Å². The zero-order valence-corrected chi connectivity index (χ0v) is 5.13. The highest BCUT2D eigenvalue weighted by Gasteiger charge is 1.92. The summed E-state index contributed by atoms with van der Waals surface area (Å²) in [6.45, 7) is 0. The Morgan fingerprint density at radius 1 is 1.78 bits per heavy atom. The lowest BCUT2D eigenvalue weighted by atomic mass is 10.2. The molecule has 0 heterocycles. The van der Waals surface area contributed by atoms with Gasteiger partial charge in [-0.2, -0.15) is 5.26 Å². The van der Waals surface area contributed by atoms with Crippen molar-refractivity contribution < 1.29 is 4.79 Å². The number of rotatable bonds is 4. The Morgan fingerprint density at radius 2 is 2.44 bits per heavy atom. The Balaban J connectivity index is 2.94. The van der Waals surface area contributed by atoms with Crippen LogP contribution in [0, 0.1) is 17.8 Å². The molecule has 1 amide bonds. The second kappa shape index (κ2) is 5.10. The maximum Gasteiger partial charge on any atom is 0.217 e. The largest absolute Gasteiger partial charge is 0.370 e. The first-order valence-electron chi connectivity index (χ1n) is 2.77. The smallest absolute Gasteiger partial charge is 0.217 e. The van der Waals surface area contributed by atoms with Crippen LogP contribution in [-0.4, -0.2) is 5.91 Å². The SMILES string of the molecule is N#C[CH]CCCC(N)=O. The van der Waals surface area contributed by atoms with Gasteiger partial charge in [0.2, 0.25) is 5.91 Å². The molecule has 3 nitrogen and oxygen atoms in total. The number of nitrogens with zero attached hydrogens (tertiary/aromatic N) is 1. The molecule has 0 rings (SSSR count). The fourth-order valence-corrected chi connectivity index (χ4v) is 0.443. The molecule has 0 saturated carbocycles. The summed E-state index contributed by atoms with van der Waals surface area (Å²) in [7, 11) is 0. The molecular weight excluding hydrogens is 116 g/mol. The number of nitrogens with two attached hydrogens (primary N) is 1. The van der Waals surface area contributed by atoms with Crippen molar-refractivity contribution in [2.45, 2.75) is 19.3 Å². The second-order valence-corrected chi connectivity index (χ2v) is 1.69. The molecule has 0 aliphatic heterocycles. The third-order valence-corrected chi connectivity index (χ3v) is 0.863. The van der Waals surface area contributed by atoms with E-state index >= 15 is 0 Å². The van der Waals surface area contributed by atoms with Gasteiger partial charge in [0.25, 0.3) is 0 Å². The predicted molar refractivity (Wildman–Crippen MR) is 33.0 cm³/mol. The van der Waals surface area contributed by atoms with Crippen molar-refractivity contribution in [2.75, 3.05) is 0 Å². The van der Waals surface area contributed by atoms with Gasteiger partial charge in [0.15, 0.2) is 0 Å². The standard InChI is InChI=1S/C6H9N2O/c7-5-3-1-2-4-6(8)9/h3H,1-2,4H2,(H2,8,9). The fraction of sp³-hybridized carbons (Fsp3) is 0.500. The number of carbonyl (C=O) groups excluding carboxylic acids is 1. The van der Waals surface area contributed by atoms with Gasteiger partial charge in [-0.1, -0.05) is 0 Å². The molecule has 0 fully saturated rings. The second-order valence-electron chi connectivity index (χ2n) is 1.69. The van der Waals surface area contributed by atoms with Crippen LogP contribution in [0.5, 0.6) is 0 Å². The van der Waals surface area contributed by atoms with Crippen LogP contribution < -0.4 is 5.73 Å². The summed E-state index contributed by atoms with van der Waals surface area (Å²) in [6, 6.07) is 1.86. The van der Waals surface area contributed by atoms with Crippen LogP contribution >= 0.6 is 0 Å². The molecule has 3 heteroatoms. The third-order valence-electron chi connectivity index (χ3n) is 0.863. The molecule has 0 saturated heterocycles.